The second-order valence-electron chi connectivity index (χ2n) is 5.99. The molecule has 1 saturated heterocycles. The molecule has 1 atom stereocenters. The highest BCUT2D eigenvalue weighted by Crippen LogP contribution is 2.23. The molecule has 1 aliphatic rings. The van der Waals surface area contributed by atoms with Gasteiger partial charge in [0.25, 0.3) is 0 Å². The van der Waals surface area contributed by atoms with Gasteiger partial charge in [-0.3, -0.25) is 9.48 Å². The number of benzene rings is 1. The van der Waals surface area contributed by atoms with Gasteiger partial charge in [0.15, 0.2) is 0 Å². The maximum atomic E-state index is 12.5. The molecule has 0 bridgehead atoms. The van der Waals surface area contributed by atoms with E-state index in [-0.39, 0.29) is 5.91 Å². The van der Waals surface area contributed by atoms with E-state index in [4.69, 9.17) is 5.73 Å². The zero-order valence-electron chi connectivity index (χ0n) is 12.9. The largest absolute Gasteiger partial charge is 0.341 e. The Balaban J connectivity index is 1.53. The van der Waals surface area contributed by atoms with Crippen molar-refractivity contribution < 1.29 is 4.79 Å². The molecule has 0 spiro atoms. The molecule has 3 rings (SSSR count). The van der Waals surface area contributed by atoms with Gasteiger partial charge in [-0.15, -0.1) is 0 Å². The van der Waals surface area contributed by atoms with Crippen LogP contribution in [0.15, 0.2) is 47.2 Å². The third kappa shape index (κ3) is 4.00. The molecule has 122 valence electrons. The lowest BCUT2D eigenvalue weighted by Gasteiger charge is -2.33. The number of nitrogens with zero attached hydrogens (tertiary/aromatic N) is 3. The van der Waals surface area contributed by atoms with E-state index in [1.165, 1.54) is 0 Å². The molecule has 1 fully saturated rings. The van der Waals surface area contributed by atoms with Crippen molar-refractivity contribution in [1.82, 2.24) is 14.7 Å². The first-order valence-electron chi connectivity index (χ1n) is 7.91. The average molecular weight is 377 g/mol. The summed E-state index contributed by atoms with van der Waals surface area (Å²) in [5.41, 5.74) is 7.22. The lowest BCUT2D eigenvalue weighted by atomic mass is 10.0. The number of nitrogens with two attached hydrogens (primary N) is 1. The fourth-order valence-electron chi connectivity index (χ4n) is 3.06. The highest BCUT2D eigenvalue weighted by molar-refractivity contribution is 9.10. The summed E-state index contributed by atoms with van der Waals surface area (Å²) in [4.78, 5) is 14.4. The number of halogens is 1. The number of rotatable bonds is 4. The van der Waals surface area contributed by atoms with Gasteiger partial charge in [0, 0.05) is 19.3 Å². The maximum Gasteiger partial charge on any atom is 0.239 e. The Morgan fingerprint density at radius 3 is 2.61 bits per heavy atom. The summed E-state index contributed by atoms with van der Waals surface area (Å²) >= 11 is 3.42. The van der Waals surface area contributed by atoms with Crippen LogP contribution in [-0.4, -0.2) is 39.7 Å². The first-order chi connectivity index (χ1) is 11.1. The Morgan fingerprint density at radius 2 is 2.00 bits per heavy atom. The SMILES string of the molecule is N[C@@H](Cc1ccccc1)C(=O)N1CCC(n2cc(Br)cn2)CC1. The van der Waals surface area contributed by atoms with Crippen molar-refractivity contribution in [2.24, 2.45) is 5.73 Å². The molecule has 1 aromatic heterocycles. The molecule has 2 N–H and O–H groups in total. The van der Waals surface area contributed by atoms with Crippen LogP contribution in [0.25, 0.3) is 0 Å². The number of hydrogen-bond donors (Lipinski definition) is 1. The molecule has 0 radical (unpaired) electrons. The first kappa shape index (κ1) is 16.2. The minimum absolute atomic E-state index is 0.0500. The van der Waals surface area contributed by atoms with E-state index in [0.717, 1.165) is 36.0 Å². The van der Waals surface area contributed by atoms with Gasteiger partial charge in [0.2, 0.25) is 5.91 Å². The van der Waals surface area contributed by atoms with Crippen molar-refractivity contribution in [2.75, 3.05) is 13.1 Å². The van der Waals surface area contributed by atoms with Gasteiger partial charge in [0.1, 0.15) is 0 Å². The van der Waals surface area contributed by atoms with Gasteiger partial charge in [-0.05, 0) is 40.8 Å². The van der Waals surface area contributed by atoms with Crippen LogP contribution in [-0.2, 0) is 11.2 Å². The quantitative estimate of drug-likeness (QED) is 0.890. The minimum atomic E-state index is -0.465. The molecular formula is C17H21BrN4O. The van der Waals surface area contributed by atoms with Crippen molar-refractivity contribution in [3.05, 3.63) is 52.8 Å². The van der Waals surface area contributed by atoms with Crippen molar-refractivity contribution in [1.29, 1.82) is 0 Å². The van der Waals surface area contributed by atoms with E-state index in [1.807, 2.05) is 46.1 Å². The second-order valence-corrected chi connectivity index (χ2v) is 6.91. The molecule has 23 heavy (non-hydrogen) atoms. The van der Waals surface area contributed by atoms with Gasteiger partial charge >= 0.3 is 0 Å². The summed E-state index contributed by atoms with van der Waals surface area (Å²) in [6.07, 6.45) is 6.21. The van der Waals surface area contributed by atoms with E-state index in [2.05, 4.69) is 21.0 Å². The van der Waals surface area contributed by atoms with E-state index >= 15 is 0 Å². The topological polar surface area (TPSA) is 64.2 Å². The van der Waals surface area contributed by atoms with Gasteiger partial charge in [0.05, 0.1) is 22.8 Å². The zero-order valence-corrected chi connectivity index (χ0v) is 14.5. The van der Waals surface area contributed by atoms with Crippen LogP contribution in [0.1, 0.15) is 24.4 Å². The Bertz CT molecular complexity index is 650. The smallest absolute Gasteiger partial charge is 0.239 e. The normalized spacial score (nSPS) is 17.2. The zero-order chi connectivity index (χ0) is 16.2. The van der Waals surface area contributed by atoms with Gasteiger partial charge in [-0.25, -0.2) is 0 Å². The summed E-state index contributed by atoms with van der Waals surface area (Å²) in [6, 6.07) is 9.82. The monoisotopic (exact) mass is 376 g/mol. The Kier molecular flexibility index (Phi) is 5.13. The van der Waals surface area contributed by atoms with Crippen LogP contribution in [0.2, 0.25) is 0 Å². The standard InChI is InChI=1S/C17H21BrN4O/c18-14-11-20-22(12-14)15-6-8-21(9-7-15)17(23)16(19)10-13-4-2-1-3-5-13/h1-5,11-12,15-16H,6-10,19H2/t16-/m0/s1. The van der Waals surface area contributed by atoms with Crippen LogP contribution >= 0.6 is 15.9 Å². The molecule has 1 aliphatic heterocycles. The third-order valence-corrected chi connectivity index (χ3v) is 4.75. The molecule has 2 aromatic rings. The van der Waals surface area contributed by atoms with Crippen molar-refractivity contribution in [3.63, 3.8) is 0 Å². The molecule has 6 heteroatoms. The molecule has 0 saturated carbocycles. The summed E-state index contributed by atoms with van der Waals surface area (Å²) < 4.78 is 2.97. The fourth-order valence-corrected chi connectivity index (χ4v) is 3.36. The van der Waals surface area contributed by atoms with Crippen LogP contribution in [0.5, 0.6) is 0 Å². The Hall–Kier alpha value is -1.66. The first-order valence-corrected chi connectivity index (χ1v) is 8.71. The van der Waals surface area contributed by atoms with Crippen molar-refractivity contribution >= 4 is 21.8 Å². The van der Waals surface area contributed by atoms with E-state index in [9.17, 15) is 4.79 Å². The summed E-state index contributed by atoms with van der Waals surface area (Å²) in [6.45, 7) is 1.48. The van der Waals surface area contributed by atoms with Gasteiger partial charge in [-0.2, -0.15) is 5.10 Å². The second kappa shape index (κ2) is 7.27. The average Bonchev–Trinajstić information content (AvgIpc) is 3.02. The Labute approximate surface area is 144 Å². The van der Waals surface area contributed by atoms with Crippen LogP contribution < -0.4 is 5.73 Å². The van der Waals surface area contributed by atoms with Crippen LogP contribution in [0.3, 0.4) is 0 Å². The number of piperidine rings is 1. The summed E-state index contributed by atoms with van der Waals surface area (Å²) in [5, 5.41) is 4.34. The summed E-state index contributed by atoms with van der Waals surface area (Å²) in [7, 11) is 0. The molecule has 0 unspecified atom stereocenters. The van der Waals surface area contributed by atoms with Crippen LogP contribution in [0.4, 0.5) is 0 Å². The number of aromatic nitrogens is 2. The number of carbonyl (C=O) groups excluding carboxylic acids is 1. The lowest BCUT2D eigenvalue weighted by molar-refractivity contribution is -0.133. The van der Waals surface area contributed by atoms with Crippen LogP contribution in [0, 0.1) is 0 Å². The van der Waals surface area contributed by atoms with Gasteiger partial charge < -0.3 is 10.6 Å². The van der Waals surface area contributed by atoms with Gasteiger partial charge in [-0.1, -0.05) is 30.3 Å². The van der Waals surface area contributed by atoms with Crippen molar-refractivity contribution in [3.8, 4) is 0 Å². The number of amides is 1. The highest BCUT2D eigenvalue weighted by Gasteiger charge is 2.27. The van der Waals surface area contributed by atoms with E-state index in [1.54, 1.807) is 6.20 Å². The number of likely N-dealkylation sites (tertiary alicyclic amines) is 1. The molecule has 1 amide bonds. The number of hydrogen-bond acceptors (Lipinski definition) is 3. The molecular weight excluding hydrogens is 356 g/mol. The predicted molar refractivity (Wildman–Crippen MR) is 92.9 cm³/mol. The van der Waals surface area contributed by atoms with E-state index < -0.39 is 6.04 Å². The van der Waals surface area contributed by atoms with Crippen molar-refractivity contribution in [2.45, 2.75) is 31.3 Å². The number of carbonyl (C=O) groups is 1. The summed E-state index contributed by atoms with van der Waals surface area (Å²) in [5.74, 6) is 0.0500. The predicted octanol–water partition coefficient (Wildman–Crippen LogP) is 2.38. The third-order valence-electron chi connectivity index (χ3n) is 4.34. The highest BCUT2D eigenvalue weighted by atomic mass is 79.9. The molecule has 1 aromatic carbocycles. The van der Waals surface area contributed by atoms with E-state index in [0.29, 0.717) is 12.5 Å². The minimum Gasteiger partial charge on any atom is -0.341 e. The maximum absolute atomic E-state index is 12.5. The lowest BCUT2D eigenvalue weighted by Crippen LogP contribution is -2.48. The Morgan fingerprint density at radius 1 is 1.30 bits per heavy atom. The molecule has 2 heterocycles. The molecule has 5 nitrogen and oxygen atoms in total. The molecule has 0 aliphatic carbocycles. The fraction of sp³-hybridized carbons (Fsp3) is 0.412.